The molecule has 0 unspecified atom stereocenters. The second kappa shape index (κ2) is 20.1. The lowest BCUT2D eigenvalue weighted by atomic mass is 10.00. The van der Waals surface area contributed by atoms with Crippen molar-refractivity contribution in [2.24, 2.45) is 0 Å². The fourth-order valence-electron chi connectivity index (χ4n) is 4.82. The van der Waals surface area contributed by atoms with Crippen molar-refractivity contribution in [3.05, 3.63) is 120 Å². The molecule has 2 aliphatic rings. The summed E-state index contributed by atoms with van der Waals surface area (Å²) in [5.74, 6) is 0.0648. The molecule has 1 aromatic carbocycles. The van der Waals surface area contributed by atoms with Crippen LogP contribution in [-0.4, -0.2) is 33.5 Å². The van der Waals surface area contributed by atoms with Crippen molar-refractivity contribution in [3.63, 3.8) is 0 Å². The van der Waals surface area contributed by atoms with Crippen LogP contribution in [-0.2, 0) is 0 Å². The van der Waals surface area contributed by atoms with Crippen LogP contribution in [0.15, 0.2) is 103 Å². The Labute approximate surface area is 272 Å². The minimum atomic E-state index is 0.0648. The number of nitrogens with zero attached hydrogens (tertiary/aromatic N) is 3. The van der Waals surface area contributed by atoms with Gasteiger partial charge in [-0.1, -0.05) is 81.1 Å². The Balaban J connectivity index is 0.000000287. The highest BCUT2D eigenvalue weighted by atomic mass is 19.1. The molecule has 2 aliphatic carbocycles. The number of hydrogen-bond donors (Lipinski definition) is 1. The highest BCUT2D eigenvalue weighted by Crippen LogP contribution is 2.25. The zero-order valence-electron chi connectivity index (χ0n) is 28.6. The molecule has 0 saturated heterocycles. The molecule has 0 bridgehead atoms. The van der Waals surface area contributed by atoms with Gasteiger partial charge < -0.3 is 10.3 Å². The van der Waals surface area contributed by atoms with Crippen LogP contribution in [0.1, 0.15) is 103 Å². The van der Waals surface area contributed by atoms with Crippen molar-refractivity contribution in [1.82, 2.24) is 14.7 Å². The fourth-order valence-corrected chi connectivity index (χ4v) is 4.82. The molecule has 0 amide bonds. The van der Waals surface area contributed by atoms with E-state index in [1.54, 1.807) is 0 Å². The second-order valence-electron chi connectivity index (χ2n) is 11.8. The Hall–Kier alpha value is -3.99. The topological polar surface area (TPSA) is 44.9 Å². The van der Waals surface area contributed by atoms with Crippen LogP contribution < -0.4 is 0 Å². The number of hydrogen-bond acceptors (Lipinski definition) is 3. The van der Waals surface area contributed by atoms with Gasteiger partial charge in [-0.3, -0.25) is 0 Å². The van der Waals surface area contributed by atoms with E-state index in [0.29, 0.717) is 6.42 Å². The number of nitrogens with one attached hydrogen (secondary N) is 1. The van der Waals surface area contributed by atoms with Gasteiger partial charge in [-0.05, 0) is 107 Å². The highest BCUT2D eigenvalue weighted by molar-refractivity contribution is 5.78. The van der Waals surface area contributed by atoms with Gasteiger partial charge in [0.1, 0.15) is 5.83 Å². The summed E-state index contributed by atoms with van der Waals surface area (Å²) in [5, 5.41) is 12.1. The summed E-state index contributed by atoms with van der Waals surface area (Å²) in [6, 6.07) is 8.49. The predicted octanol–water partition coefficient (Wildman–Crippen LogP) is 11.5. The van der Waals surface area contributed by atoms with Gasteiger partial charge in [0, 0.05) is 42.7 Å². The Morgan fingerprint density at radius 2 is 1.76 bits per heavy atom. The lowest BCUT2D eigenvalue weighted by molar-refractivity contribution is 0.386. The van der Waals surface area contributed by atoms with Crippen LogP contribution in [0.25, 0.3) is 17.0 Å². The van der Waals surface area contributed by atoms with Gasteiger partial charge in [-0.2, -0.15) is 5.10 Å². The number of aryl methyl sites for hydroxylation is 1. The molecule has 4 nitrogen and oxygen atoms in total. The molecule has 0 spiro atoms. The lowest BCUT2D eigenvalue weighted by Gasteiger charge is -2.25. The van der Waals surface area contributed by atoms with Crippen LogP contribution in [0, 0.1) is 12.3 Å². The van der Waals surface area contributed by atoms with E-state index in [0.717, 1.165) is 91.9 Å². The van der Waals surface area contributed by atoms with Gasteiger partial charge in [-0.15, -0.1) is 0 Å². The van der Waals surface area contributed by atoms with E-state index in [1.165, 1.54) is 16.7 Å². The maximum atomic E-state index is 12.7. The number of halogens is 1. The van der Waals surface area contributed by atoms with Gasteiger partial charge in [0.15, 0.2) is 0 Å². The third-order valence-electron chi connectivity index (χ3n) is 7.95. The van der Waals surface area contributed by atoms with E-state index in [2.05, 4.69) is 111 Å². The summed E-state index contributed by atoms with van der Waals surface area (Å²) in [5.41, 5.74) is 9.64. The summed E-state index contributed by atoms with van der Waals surface area (Å²) < 4.78 is 14.6. The minimum Gasteiger partial charge on any atom is -0.371 e. The number of aromatic nitrogens is 2. The Morgan fingerprint density at radius 3 is 2.38 bits per heavy atom. The molecule has 0 saturated carbocycles. The molecule has 5 heteroatoms. The Morgan fingerprint density at radius 1 is 1.02 bits per heavy atom. The Bertz CT molecular complexity index is 1410. The van der Waals surface area contributed by atoms with Crippen molar-refractivity contribution >= 4 is 22.7 Å². The predicted molar refractivity (Wildman–Crippen MR) is 195 cm³/mol. The Kier molecular flexibility index (Phi) is 16.6. The van der Waals surface area contributed by atoms with E-state index < -0.39 is 0 Å². The van der Waals surface area contributed by atoms with Crippen molar-refractivity contribution in [1.29, 1.82) is 5.41 Å². The van der Waals surface area contributed by atoms with E-state index in [9.17, 15) is 4.39 Å². The zero-order valence-corrected chi connectivity index (χ0v) is 28.6. The normalized spacial score (nSPS) is 13.8. The third kappa shape index (κ3) is 13.3. The molecule has 1 heterocycles. The van der Waals surface area contributed by atoms with Crippen LogP contribution in [0.4, 0.5) is 4.39 Å². The van der Waals surface area contributed by atoms with Crippen LogP contribution >= 0.6 is 0 Å². The van der Waals surface area contributed by atoms with Gasteiger partial charge in [-0.25, -0.2) is 9.07 Å². The van der Waals surface area contributed by atoms with Gasteiger partial charge in [0.2, 0.25) is 0 Å². The first-order valence-electron chi connectivity index (χ1n) is 16.4. The summed E-state index contributed by atoms with van der Waals surface area (Å²) in [7, 11) is 0. The van der Waals surface area contributed by atoms with Gasteiger partial charge in [0.25, 0.3) is 0 Å². The van der Waals surface area contributed by atoms with Crippen molar-refractivity contribution < 1.29 is 4.39 Å². The van der Waals surface area contributed by atoms with Gasteiger partial charge in [0.05, 0.1) is 11.9 Å². The third-order valence-corrected chi connectivity index (χ3v) is 7.95. The number of rotatable bonds is 12. The van der Waals surface area contributed by atoms with E-state index in [-0.39, 0.29) is 5.83 Å². The largest absolute Gasteiger partial charge is 0.371 e. The molecule has 0 fully saturated rings. The molecule has 1 N–H and O–H groups in total. The second-order valence-corrected chi connectivity index (χ2v) is 11.8. The number of allylic oxidation sites excluding steroid dienone is 11. The molecule has 1 aromatic heterocycles. The van der Waals surface area contributed by atoms with Crippen molar-refractivity contribution in [2.45, 2.75) is 92.9 Å². The summed E-state index contributed by atoms with van der Waals surface area (Å²) >= 11 is 0. The molecule has 4 rings (SSSR count). The molecule has 0 aliphatic heterocycles. The molecule has 45 heavy (non-hydrogen) atoms. The van der Waals surface area contributed by atoms with Gasteiger partial charge >= 0.3 is 0 Å². The molecule has 0 radical (unpaired) electrons. The first-order chi connectivity index (χ1) is 21.6. The maximum absolute atomic E-state index is 12.7. The smallest absolute Gasteiger partial charge is 0.103 e. The average Bonchev–Trinajstić information content (AvgIpc) is 3.36. The monoisotopic (exact) mass is 610 g/mol. The summed E-state index contributed by atoms with van der Waals surface area (Å²) in [6.07, 6.45) is 24.1. The maximum Gasteiger partial charge on any atom is 0.103 e. The van der Waals surface area contributed by atoms with Crippen molar-refractivity contribution in [3.8, 4) is 0 Å². The highest BCUT2D eigenvalue weighted by Gasteiger charge is 2.12. The molecular formula is C40H55FN4. The standard InChI is InChI=1S/C21H30N4.C11H14.C8H11F/c1-4-14-24(15-10-9-11-18(2)22)19(3)20-16-23-25(17-20)21-12-7-5-6-8-13-21;1-4-10(3)11-7-5-9(2)6-8-11;1-6-4-3-5-8(9)7(6)2/h5,7-8,12-13,16-17,22H,3-4,6,9-11,14-15H2,1-2H3;5-8H,3-4H2,1-2H3;4H,3,5H2,1-2H3. The molecule has 0 atom stereocenters. The first kappa shape index (κ1) is 37.2. The number of unbranched alkanes of at least 4 members (excludes halogenated alkanes) is 1. The van der Waals surface area contributed by atoms with Crippen LogP contribution in [0.5, 0.6) is 0 Å². The van der Waals surface area contributed by atoms with Crippen LogP contribution in [0.2, 0.25) is 0 Å². The van der Waals surface area contributed by atoms with Crippen molar-refractivity contribution in [2.75, 3.05) is 13.1 Å². The first-order valence-corrected chi connectivity index (χ1v) is 16.4. The SMILES string of the molecule is C=C(CC)c1ccc(C)cc1.C=C(c1cnn(C2=CC=CCC=C2)c1)N(CCC)CCCCC(C)=N.CC1=CCCC(F)=C1C. The van der Waals surface area contributed by atoms with Crippen LogP contribution in [0.3, 0.4) is 0 Å². The molecule has 2 aromatic rings. The minimum absolute atomic E-state index is 0.0648. The molecule has 242 valence electrons. The van der Waals surface area contributed by atoms with E-state index in [4.69, 9.17) is 5.41 Å². The lowest BCUT2D eigenvalue weighted by Crippen LogP contribution is -2.23. The summed E-state index contributed by atoms with van der Waals surface area (Å²) in [4.78, 5) is 2.35. The average molecular weight is 611 g/mol. The van der Waals surface area contributed by atoms with E-state index in [1.807, 2.05) is 31.6 Å². The number of benzene rings is 1. The van der Waals surface area contributed by atoms with E-state index >= 15 is 0 Å². The quantitative estimate of drug-likeness (QED) is 0.192. The summed E-state index contributed by atoms with van der Waals surface area (Å²) in [6.45, 7) is 22.3. The fraction of sp³-hybridized carbons (Fsp3) is 0.400. The zero-order chi connectivity index (χ0) is 33.2. The molecular weight excluding hydrogens is 555 g/mol.